The first kappa shape index (κ1) is 21.9. The van der Waals surface area contributed by atoms with Crippen molar-refractivity contribution in [3.63, 3.8) is 0 Å². The highest BCUT2D eigenvalue weighted by molar-refractivity contribution is 5.81. The molecule has 0 aliphatic heterocycles. The van der Waals surface area contributed by atoms with Crippen LogP contribution in [0.3, 0.4) is 0 Å². The van der Waals surface area contributed by atoms with E-state index in [2.05, 4.69) is 34.9 Å². The van der Waals surface area contributed by atoms with Crippen molar-refractivity contribution in [2.45, 2.75) is 50.6 Å². The molecule has 0 aromatic heterocycles. The van der Waals surface area contributed by atoms with Crippen LogP contribution in [0.1, 0.15) is 49.7 Å². The number of hydrogen-bond donors (Lipinski definition) is 3. The maximum atomic E-state index is 12.5. The van der Waals surface area contributed by atoms with Gasteiger partial charge in [-0.1, -0.05) is 48.5 Å². The number of nitrogens with one attached hydrogen (secondary N) is 2. The zero-order valence-corrected chi connectivity index (χ0v) is 18.0. The van der Waals surface area contributed by atoms with Gasteiger partial charge in [-0.15, -0.1) is 0 Å². The van der Waals surface area contributed by atoms with Crippen LogP contribution in [-0.2, 0) is 14.3 Å². The standard InChI is InChI=1S/C25H28N2O5/c1-15(12-23(28)29)26-24(30)16-10-11-17(13-16)27-25(31)32-14-22-20-8-4-2-6-18(20)19-7-3-5-9-21(19)22/h2-9,15-17,22H,10-14H2,1H3,(H,26,30)(H,27,31)(H,28,29)/t15-,16+,17-/m1/s1. The Balaban J connectivity index is 1.28. The molecule has 2 aliphatic rings. The predicted octanol–water partition coefficient (Wildman–Crippen LogP) is 3.67. The first-order valence-corrected chi connectivity index (χ1v) is 11.1. The van der Waals surface area contributed by atoms with Gasteiger partial charge < -0.3 is 20.5 Å². The van der Waals surface area contributed by atoms with Gasteiger partial charge in [-0.25, -0.2) is 4.79 Å². The molecule has 0 spiro atoms. The first-order chi connectivity index (χ1) is 15.4. The zero-order chi connectivity index (χ0) is 22.7. The van der Waals surface area contributed by atoms with Gasteiger partial charge in [0, 0.05) is 23.9 Å². The van der Waals surface area contributed by atoms with Crippen molar-refractivity contribution in [2.24, 2.45) is 5.92 Å². The van der Waals surface area contributed by atoms with Crippen LogP contribution in [0.2, 0.25) is 0 Å². The van der Waals surface area contributed by atoms with Crippen LogP contribution >= 0.6 is 0 Å². The van der Waals surface area contributed by atoms with Crippen molar-refractivity contribution in [2.75, 3.05) is 6.61 Å². The van der Waals surface area contributed by atoms with Crippen molar-refractivity contribution in [3.8, 4) is 11.1 Å². The van der Waals surface area contributed by atoms with Crippen LogP contribution in [0.4, 0.5) is 4.79 Å². The number of amides is 2. The van der Waals surface area contributed by atoms with Gasteiger partial charge >= 0.3 is 12.1 Å². The molecule has 1 saturated carbocycles. The number of carbonyl (C=O) groups excluding carboxylic acids is 2. The fraction of sp³-hybridized carbons (Fsp3) is 0.400. The second kappa shape index (κ2) is 9.42. The molecule has 2 aromatic carbocycles. The Morgan fingerprint density at radius 2 is 1.66 bits per heavy atom. The maximum absolute atomic E-state index is 12.5. The second-order valence-electron chi connectivity index (χ2n) is 8.68. The third kappa shape index (κ3) is 4.77. The Morgan fingerprint density at radius 1 is 1.03 bits per heavy atom. The number of ether oxygens (including phenoxy) is 1. The Labute approximate surface area is 187 Å². The first-order valence-electron chi connectivity index (χ1n) is 11.1. The smallest absolute Gasteiger partial charge is 0.407 e. The number of rotatable bonds is 7. The van der Waals surface area contributed by atoms with Gasteiger partial charge in [0.2, 0.25) is 5.91 Å². The highest BCUT2D eigenvalue weighted by atomic mass is 16.5. The number of carboxylic acid groups (broad SMARTS) is 1. The third-order valence-corrected chi connectivity index (χ3v) is 6.34. The van der Waals surface area contributed by atoms with Crippen molar-refractivity contribution in [3.05, 3.63) is 59.7 Å². The van der Waals surface area contributed by atoms with Gasteiger partial charge in [-0.2, -0.15) is 0 Å². The van der Waals surface area contributed by atoms with E-state index < -0.39 is 18.1 Å². The fourth-order valence-corrected chi connectivity index (χ4v) is 4.83. The Hall–Kier alpha value is -3.35. The molecule has 2 aromatic rings. The SMILES string of the molecule is C[C@H](CC(=O)O)NC(=O)[C@H]1CC[C@@H](NC(=O)OCC2c3ccccc3-c3ccccc32)C1. The van der Waals surface area contributed by atoms with E-state index in [1.807, 2.05) is 24.3 Å². The monoisotopic (exact) mass is 436 g/mol. The third-order valence-electron chi connectivity index (χ3n) is 6.34. The summed E-state index contributed by atoms with van der Waals surface area (Å²) in [6.45, 7) is 1.93. The quantitative estimate of drug-likeness (QED) is 0.614. The predicted molar refractivity (Wildman–Crippen MR) is 119 cm³/mol. The van der Waals surface area contributed by atoms with Crippen molar-refractivity contribution in [1.29, 1.82) is 0 Å². The number of hydrogen-bond acceptors (Lipinski definition) is 4. The summed E-state index contributed by atoms with van der Waals surface area (Å²) in [5.74, 6) is -1.33. The molecular formula is C25H28N2O5. The molecule has 0 radical (unpaired) electrons. The van der Waals surface area contributed by atoms with E-state index in [1.54, 1.807) is 6.92 Å². The number of carboxylic acids is 1. The lowest BCUT2D eigenvalue weighted by Crippen LogP contribution is -2.39. The number of alkyl carbamates (subject to hydrolysis) is 1. The molecule has 2 aliphatic carbocycles. The minimum atomic E-state index is -0.945. The lowest BCUT2D eigenvalue weighted by atomic mass is 9.98. The zero-order valence-electron chi connectivity index (χ0n) is 18.0. The van der Waals surface area contributed by atoms with E-state index in [9.17, 15) is 14.4 Å². The summed E-state index contributed by atoms with van der Waals surface area (Å²) >= 11 is 0. The fourth-order valence-electron chi connectivity index (χ4n) is 4.83. The van der Waals surface area contributed by atoms with Gasteiger partial charge in [0.25, 0.3) is 0 Å². The lowest BCUT2D eigenvalue weighted by Gasteiger charge is -2.18. The summed E-state index contributed by atoms with van der Waals surface area (Å²) in [7, 11) is 0. The number of fused-ring (bicyclic) bond motifs is 3. The van der Waals surface area contributed by atoms with Gasteiger partial charge in [0.15, 0.2) is 0 Å². The van der Waals surface area contributed by atoms with E-state index >= 15 is 0 Å². The summed E-state index contributed by atoms with van der Waals surface area (Å²) < 4.78 is 5.59. The molecule has 0 heterocycles. The molecule has 7 nitrogen and oxygen atoms in total. The highest BCUT2D eigenvalue weighted by Crippen LogP contribution is 2.44. The van der Waals surface area contributed by atoms with Gasteiger partial charge in [-0.05, 0) is 48.4 Å². The molecule has 7 heteroatoms. The van der Waals surface area contributed by atoms with E-state index in [1.165, 1.54) is 11.1 Å². The average Bonchev–Trinajstić information content (AvgIpc) is 3.34. The van der Waals surface area contributed by atoms with E-state index in [0.717, 1.165) is 11.1 Å². The van der Waals surface area contributed by atoms with Gasteiger partial charge in [0.1, 0.15) is 6.61 Å². The normalized spacial score (nSPS) is 20.2. The van der Waals surface area contributed by atoms with E-state index in [0.29, 0.717) is 19.3 Å². The van der Waals surface area contributed by atoms with Crippen molar-refractivity contribution < 1.29 is 24.2 Å². The van der Waals surface area contributed by atoms with Crippen LogP contribution < -0.4 is 10.6 Å². The van der Waals surface area contributed by atoms with Crippen LogP contribution in [0.15, 0.2) is 48.5 Å². The van der Waals surface area contributed by atoms with Crippen LogP contribution in [-0.4, -0.2) is 41.8 Å². The summed E-state index contributed by atoms with van der Waals surface area (Å²) in [4.78, 5) is 35.6. The summed E-state index contributed by atoms with van der Waals surface area (Å²) in [6.07, 6.45) is 1.28. The highest BCUT2D eigenvalue weighted by Gasteiger charge is 2.33. The topological polar surface area (TPSA) is 105 Å². The minimum absolute atomic E-state index is 0.00553. The van der Waals surface area contributed by atoms with E-state index in [4.69, 9.17) is 9.84 Å². The van der Waals surface area contributed by atoms with Crippen molar-refractivity contribution in [1.82, 2.24) is 10.6 Å². The molecule has 32 heavy (non-hydrogen) atoms. The molecule has 0 unspecified atom stereocenters. The van der Waals surface area contributed by atoms with Crippen molar-refractivity contribution >= 4 is 18.0 Å². The number of carbonyl (C=O) groups is 3. The molecule has 168 valence electrons. The minimum Gasteiger partial charge on any atom is -0.481 e. The summed E-state index contributed by atoms with van der Waals surface area (Å²) in [5.41, 5.74) is 4.68. The Morgan fingerprint density at radius 3 is 2.28 bits per heavy atom. The molecule has 1 fully saturated rings. The molecule has 0 bridgehead atoms. The average molecular weight is 437 g/mol. The molecule has 2 amide bonds. The van der Waals surface area contributed by atoms with E-state index in [-0.39, 0.29) is 36.8 Å². The number of benzene rings is 2. The molecule has 4 rings (SSSR count). The molecule has 0 saturated heterocycles. The Kier molecular flexibility index (Phi) is 6.44. The largest absolute Gasteiger partial charge is 0.481 e. The van der Waals surface area contributed by atoms with Crippen LogP contribution in [0.25, 0.3) is 11.1 Å². The van der Waals surface area contributed by atoms with Gasteiger partial charge in [-0.3, -0.25) is 9.59 Å². The van der Waals surface area contributed by atoms with Crippen LogP contribution in [0.5, 0.6) is 0 Å². The molecule has 3 N–H and O–H groups in total. The summed E-state index contributed by atoms with van der Waals surface area (Å²) in [6, 6.07) is 15.8. The second-order valence-corrected chi connectivity index (χ2v) is 8.68. The maximum Gasteiger partial charge on any atom is 0.407 e. The Bertz CT molecular complexity index is 975. The molecular weight excluding hydrogens is 408 g/mol. The lowest BCUT2D eigenvalue weighted by molar-refractivity contribution is -0.137. The molecule has 3 atom stereocenters. The van der Waals surface area contributed by atoms with Gasteiger partial charge in [0.05, 0.1) is 6.42 Å². The van der Waals surface area contributed by atoms with Crippen LogP contribution in [0, 0.1) is 5.92 Å². The summed E-state index contributed by atoms with van der Waals surface area (Å²) in [5, 5.41) is 14.5. The number of aliphatic carboxylic acids is 1.